The molecule has 25 heavy (non-hydrogen) atoms. The molecule has 3 N–H and O–H groups in total. The van der Waals surface area contributed by atoms with Gasteiger partial charge in [-0.05, 0) is 38.5 Å². The predicted octanol–water partition coefficient (Wildman–Crippen LogP) is 3.44. The molecule has 2 aromatic carbocycles. The van der Waals surface area contributed by atoms with Gasteiger partial charge in [-0.1, -0.05) is 36.4 Å². The first-order valence-electron chi connectivity index (χ1n) is 8.01. The first kappa shape index (κ1) is 17.1. The maximum atomic E-state index is 12.7. The second-order valence-corrected chi connectivity index (χ2v) is 6.81. The van der Waals surface area contributed by atoms with E-state index in [-0.39, 0.29) is 0 Å². The Bertz CT molecular complexity index is 906. The van der Waals surface area contributed by atoms with E-state index in [0.717, 1.165) is 5.56 Å². The van der Waals surface area contributed by atoms with E-state index in [2.05, 4.69) is 4.98 Å². The number of aliphatic hydroxyl groups excluding tert-OH is 1. The SMILES string of the molecule is CC(C)(C)OC(=O)n1c(-c2ccc(C(N)O)cc2)nc2ccccc21. The average Bonchev–Trinajstić information content (AvgIpc) is 2.93. The first-order chi connectivity index (χ1) is 11.8. The standard InChI is InChI=1S/C19H21N3O3/c1-19(2,3)25-18(24)22-15-7-5-4-6-14(15)21-17(22)13-10-8-12(9-11-13)16(20)23/h4-11,16,23H,20H2,1-3H3. The van der Waals surface area contributed by atoms with Crippen molar-refractivity contribution < 1.29 is 14.6 Å². The van der Waals surface area contributed by atoms with Crippen LogP contribution < -0.4 is 5.73 Å². The lowest BCUT2D eigenvalue weighted by molar-refractivity contribution is 0.0546. The molecule has 0 amide bonds. The van der Waals surface area contributed by atoms with Crippen molar-refractivity contribution in [3.05, 3.63) is 54.1 Å². The molecule has 0 aliphatic carbocycles. The number of ether oxygens (including phenoxy) is 1. The second-order valence-electron chi connectivity index (χ2n) is 6.81. The van der Waals surface area contributed by atoms with E-state index in [4.69, 9.17) is 10.5 Å². The Morgan fingerprint density at radius 2 is 1.80 bits per heavy atom. The zero-order valence-electron chi connectivity index (χ0n) is 14.4. The van der Waals surface area contributed by atoms with E-state index in [1.165, 1.54) is 4.57 Å². The Morgan fingerprint density at radius 3 is 2.40 bits per heavy atom. The number of nitrogens with two attached hydrogens (primary N) is 1. The third kappa shape index (κ3) is 3.55. The summed E-state index contributed by atoms with van der Waals surface area (Å²) in [6.45, 7) is 5.46. The minimum Gasteiger partial charge on any atom is -0.443 e. The number of rotatable bonds is 2. The van der Waals surface area contributed by atoms with Crippen LogP contribution in [0.15, 0.2) is 48.5 Å². The van der Waals surface area contributed by atoms with Crippen LogP contribution in [-0.2, 0) is 4.74 Å². The molecule has 0 saturated carbocycles. The smallest absolute Gasteiger partial charge is 0.420 e. The lowest BCUT2D eigenvalue weighted by atomic mass is 10.1. The van der Waals surface area contributed by atoms with E-state index < -0.39 is 17.9 Å². The zero-order valence-corrected chi connectivity index (χ0v) is 14.4. The van der Waals surface area contributed by atoms with Gasteiger partial charge in [-0.15, -0.1) is 0 Å². The zero-order chi connectivity index (χ0) is 18.2. The van der Waals surface area contributed by atoms with Crippen LogP contribution in [0.4, 0.5) is 4.79 Å². The number of para-hydroxylation sites is 2. The van der Waals surface area contributed by atoms with Crippen LogP contribution in [0, 0.1) is 0 Å². The number of carbonyl (C=O) groups is 1. The molecule has 0 spiro atoms. The van der Waals surface area contributed by atoms with Crippen LogP contribution in [-0.4, -0.2) is 26.4 Å². The summed E-state index contributed by atoms with van der Waals surface area (Å²) < 4.78 is 7.01. The van der Waals surface area contributed by atoms with E-state index in [9.17, 15) is 9.90 Å². The Kier molecular flexibility index (Phi) is 4.32. The monoisotopic (exact) mass is 339 g/mol. The van der Waals surface area contributed by atoms with Gasteiger partial charge in [0.05, 0.1) is 11.0 Å². The fraction of sp³-hybridized carbons (Fsp3) is 0.263. The quantitative estimate of drug-likeness (QED) is 0.698. The number of hydrogen-bond acceptors (Lipinski definition) is 5. The third-order valence-corrected chi connectivity index (χ3v) is 3.65. The third-order valence-electron chi connectivity index (χ3n) is 3.65. The number of imidazole rings is 1. The lowest BCUT2D eigenvalue weighted by Crippen LogP contribution is -2.27. The van der Waals surface area contributed by atoms with Gasteiger partial charge in [-0.2, -0.15) is 0 Å². The topological polar surface area (TPSA) is 90.4 Å². The maximum Gasteiger partial charge on any atom is 0.420 e. The molecule has 1 atom stereocenters. The molecule has 6 nitrogen and oxygen atoms in total. The molecule has 1 unspecified atom stereocenters. The molecule has 1 heterocycles. The van der Waals surface area contributed by atoms with Crippen molar-refractivity contribution in [2.45, 2.75) is 32.6 Å². The van der Waals surface area contributed by atoms with Gasteiger partial charge in [-0.3, -0.25) is 0 Å². The van der Waals surface area contributed by atoms with Gasteiger partial charge >= 0.3 is 6.09 Å². The van der Waals surface area contributed by atoms with Gasteiger partial charge in [0.25, 0.3) is 0 Å². The molecule has 0 aliphatic rings. The van der Waals surface area contributed by atoms with Gasteiger partial charge in [0.2, 0.25) is 0 Å². The number of nitrogens with zero attached hydrogens (tertiary/aromatic N) is 2. The number of aromatic nitrogens is 2. The Hall–Kier alpha value is -2.70. The summed E-state index contributed by atoms with van der Waals surface area (Å²) in [5.74, 6) is 0.480. The summed E-state index contributed by atoms with van der Waals surface area (Å²) in [7, 11) is 0. The Balaban J connectivity index is 2.14. The first-order valence-corrected chi connectivity index (χ1v) is 8.01. The van der Waals surface area contributed by atoms with E-state index in [1.807, 2.05) is 45.0 Å². The molecule has 1 aromatic heterocycles. The number of aliphatic hydroxyl groups is 1. The van der Waals surface area contributed by atoms with Crippen molar-refractivity contribution in [3.63, 3.8) is 0 Å². The fourth-order valence-electron chi connectivity index (χ4n) is 2.54. The molecule has 130 valence electrons. The van der Waals surface area contributed by atoms with Crippen LogP contribution in [0.25, 0.3) is 22.4 Å². The highest BCUT2D eigenvalue weighted by Gasteiger charge is 2.23. The highest BCUT2D eigenvalue weighted by Crippen LogP contribution is 2.27. The minimum atomic E-state index is -1.04. The van der Waals surface area contributed by atoms with Crippen LogP contribution in [0.1, 0.15) is 32.6 Å². The lowest BCUT2D eigenvalue weighted by Gasteiger charge is -2.20. The number of benzene rings is 2. The molecule has 0 saturated heterocycles. The second kappa shape index (κ2) is 6.31. The van der Waals surface area contributed by atoms with Crippen molar-refractivity contribution in [1.82, 2.24) is 9.55 Å². The maximum absolute atomic E-state index is 12.7. The normalized spacial score (nSPS) is 13.0. The van der Waals surface area contributed by atoms with Crippen molar-refractivity contribution in [3.8, 4) is 11.4 Å². The van der Waals surface area contributed by atoms with Crippen LogP contribution in [0.3, 0.4) is 0 Å². The molecular formula is C19H21N3O3. The van der Waals surface area contributed by atoms with Gasteiger partial charge < -0.3 is 15.6 Å². The molecule has 0 bridgehead atoms. The van der Waals surface area contributed by atoms with Crippen LogP contribution in [0.2, 0.25) is 0 Å². The Morgan fingerprint density at radius 1 is 1.16 bits per heavy atom. The van der Waals surface area contributed by atoms with Gasteiger partial charge in [0.15, 0.2) is 5.82 Å². The highest BCUT2D eigenvalue weighted by molar-refractivity contribution is 5.92. The minimum absolute atomic E-state index is 0.480. The van der Waals surface area contributed by atoms with Crippen LogP contribution in [0.5, 0.6) is 0 Å². The molecule has 3 aromatic rings. The fourth-order valence-corrected chi connectivity index (χ4v) is 2.54. The van der Waals surface area contributed by atoms with Crippen molar-refractivity contribution in [2.24, 2.45) is 5.73 Å². The van der Waals surface area contributed by atoms with E-state index in [0.29, 0.717) is 22.4 Å². The predicted molar refractivity (Wildman–Crippen MR) is 95.9 cm³/mol. The molecule has 6 heteroatoms. The summed E-state index contributed by atoms with van der Waals surface area (Å²) in [5.41, 5.74) is 7.54. The Labute approximate surface area is 145 Å². The summed E-state index contributed by atoms with van der Waals surface area (Å²) in [4.78, 5) is 17.3. The number of hydrogen-bond donors (Lipinski definition) is 2. The average molecular weight is 339 g/mol. The summed E-state index contributed by atoms with van der Waals surface area (Å²) >= 11 is 0. The molecule has 3 rings (SSSR count). The molecule has 0 fully saturated rings. The summed E-state index contributed by atoms with van der Waals surface area (Å²) in [5, 5.41) is 9.45. The van der Waals surface area contributed by atoms with Gasteiger partial charge in [-0.25, -0.2) is 14.3 Å². The van der Waals surface area contributed by atoms with Crippen molar-refractivity contribution in [1.29, 1.82) is 0 Å². The molecular weight excluding hydrogens is 318 g/mol. The summed E-state index contributed by atoms with van der Waals surface area (Å²) in [6, 6.07) is 14.3. The molecule has 0 radical (unpaired) electrons. The van der Waals surface area contributed by atoms with Crippen LogP contribution >= 0.6 is 0 Å². The van der Waals surface area contributed by atoms with Crippen molar-refractivity contribution in [2.75, 3.05) is 0 Å². The highest BCUT2D eigenvalue weighted by atomic mass is 16.6. The molecule has 0 aliphatic heterocycles. The number of carbonyl (C=O) groups excluding carboxylic acids is 1. The van der Waals surface area contributed by atoms with Gasteiger partial charge in [0.1, 0.15) is 11.8 Å². The van der Waals surface area contributed by atoms with Gasteiger partial charge in [0, 0.05) is 5.56 Å². The van der Waals surface area contributed by atoms with E-state index >= 15 is 0 Å². The largest absolute Gasteiger partial charge is 0.443 e. The van der Waals surface area contributed by atoms with Crippen molar-refractivity contribution >= 4 is 17.1 Å². The summed E-state index contributed by atoms with van der Waals surface area (Å²) in [6.07, 6.45) is -1.53. The number of fused-ring (bicyclic) bond motifs is 1. The van der Waals surface area contributed by atoms with E-state index in [1.54, 1.807) is 24.3 Å².